The molecule has 19 heavy (non-hydrogen) atoms. The van der Waals surface area contributed by atoms with Gasteiger partial charge in [0.05, 0.1) is 13.2 Å². The largest absolute Gasteiger partial charge is 0.456 e. The average molecular weight is 274 g/mol. The number of carbonyl (C=O) groups is 2. The number of rotatable bonds is 7. The average Bonchev–Trinajstić information content (AvgIpc) is 2.44. The summed E-state index contributed by atoms with van der Waals surface area (Å²) in [6, 6.07) is 0. The zero-order chi connectivity index (χ0) is 15.3. The fourth-order valence-corrected chi connectivity index (χ4v) is 1.02. The van der Waals surface area contributed by atoms with Crippen molar-refractivity contribution in [1.29, 1.82) is 0 Å². The fraction of sp³-hybridized carbons (Fsp3) is 0.538. The number of hydrogen-bond donors (Lipinski definition) is 2. The molecule has 110 valence electrons. The molecule has 0 saturated heterocycles. The van der Waals surface area contributed by atoms with Gasteiger partial charge >= 0.3 is 11.9 Å². The summed E-state index contributed by atoms with van der Waals surface area (Å²) in [5, 5.41) is 15.2. The Bertz CT molecular complexity index is 285. The summed E-state index contributed by atoms with van der Waals surface area (Å²) in [5.74, 6) is -1.06. The molecule has 0 fully saturated rings. The summed E-state index contributed by atoms with van der Waals surface area (Å²) >= 11 is 0. The molecule has 0 aromatic heterocycles. The second-order valence-corrected chi connectivity index (χ2v) is 3.38. The quantitative estimate of drug-likeness (QED) is 0.521. The van der Waals surface area contributed by atoms with E-state index in [9.17, 15) is 9.59 Å². The molecule has 0 spiro atoms. The minimum Gasteiger partial charge on any atom is -0.456 e. The molecule has 0 heterocycles. The number of aliphatic hydroxyl groups excluding tert-OH is 2. The van der Waals surface area contributed by atoms with Crippen molar-refractivity contribution >= 4 is 11.9 Å². The molecule has 0 aromatic carbocycles. The summed E-state index contributed by atoms with van der Waals surface area (Å²) in [7, 11) is 0. The Labute approximate surface area is 113 Å². The Kier molecular flexibility index (Phi) is 13.2. The van der Waals surface area contributed by atoms with Crippen LogP contribution in [-0.4, -0.2) is 47.6 Å². The number of esters is 2. The molecule has 0 aliphatic heterocycles. The van der Waals surface area contributed by atoms with Crippen molar-refractivity contribution in [2.45, 2.75) is 32.5 Å². The highest BCUT2D eigenvalue weighted by Crippen LogP contribution is 2.09. The zero-order valence-corrected chi connectivity index (χ0v) is 11.4. The lowest BCUT2D eigenvalue weighted by atomic mass is 10.2. The topological polar surface area (TPSA) is 93.1 Å². The highest BCUT2D eigenvalue weighted by Gasteiger charge is 2.21. The molecule has 2 atom stereocenters. The van der Waals surface area contributed by atoms with Crippen LogP contribution in [0.15, 0.2) is 25.3 Å². The zero-order valence-electron chi connectivity index (χ0n) is 11.4. The summed E-state index contributed by atoms with van der Waals surface area (Å²) < 4.78 is 9.92. The van der Waals surface area contributed by atoms with Gasteiger partial charge in [-0.2, -0.15) is 0 Å². The van der Waals surface area contributed by atoms with Gasteiger partial charge in [-0.1, -0.05) is 20.1 Å². The third-order valence-electron chi connectivity index (χ3n) is 1.93. The van der Waals surface area contributed by atoms with E-state index in [-0.39, 0.29) is 13.2 Å². The Balaban J connectivity index is 0. The van der Waals surface area contributed by atoms with Crippen LogP contribution in [0.1, 0.15) is 20.3 Å². The number of carbonyl (C=O) groups excluding carboxylic acids is 2. The Morgan fingerprint density at radius 2 is 1.53 bits per heavy atom. The van der Waals surface area contributed by atoms with Gasteiger partial charge in [-0.3, -0.25) is 0 Å². The molecule has 0 bridgehead atoms. The molecule has 2 N–H and O–H groups in total. The van der Waals surface area contributed by atoms with Crippen LogP contribution >= 0.6 is 0 Å². The molecule has 0 aromatic rings. The number of aliphatic hydroxyl groups is 2. The predicted octanol–water partition coefficient (Wildman–Crippen LogP) is 0.583. The summed E-state index contributed by atoms with van der Waals surface area (Å²) in [6.07, 6.45) is 1.75. The van der Waals surface area contributed by atoms with Gasteiger partial charge in [0.2, 0.25) is 0 Å². The molecule has 0 radical (unpaired) electrons. The summed E-state index contributed by atoms with van der Waals surface area (Å²) in [5.41, 5.74) is 0. The van der Waals surface area contributed by atoms with Gasteiger partial charge in [0.25, 0.3) is 0 Å². The maximum absolute atomic E-state index is 10.9. The Morgan fingerprint density at radius 3 is 1.84 bits per heavy atom. The smallest absolute Gasteiger partial charge is 0.330 e. The first kappa shape index (κ1) is 19.7. The van der Waals surface area contributed by atoms with E-state index in [1.807, 2.05) is 6.92 Å². The van der Waals surface area contributed by atoms with Crippen LogP contribution in [0.5, 0.6) is 0 Å². The standard InChI is InChI=1S/C11H16O4.C2H6O2/c1-5-9(15-11(13)7-3)8(4)14-10(12)6-2;3-1-2-4/h6-9H,2-3,5H2,1,4H3;3-4H,1-2H2. The van der Waals surface area contributed by atoms with Crippen LogP contribution in [0, 0.1) is 0 Å². The maximum Gasteiger partial charge on any atom is 0.330 e. The SMILES string of the molecule is C=CC(=O)OC(C)C(CC)OC(=O)C=C.OCCO. The van der Waals surface area contributed by atoms with Crippen molar-refractivity contribution in [3.05, 3.63) is 25.3 Å². The van der Waals surface area contributed by atoms with E-state index < -0.39 is 24.1 Å². The van der Waals surface area contributed by atoms with Gasteiger partial charge < -0.3 is 19.7 Å². The highest BCUT2D eigenvalue weighted by molar-refractivity contribution is 5.82. The van der Waals surface area contributed by atoms with Crippen LogP contribution in [-0.2, 0) is 19.1 Å². The van der Waals surface area contributed by atoms with Gasteiger partial charge in [-0.05, 0) is 13.3 Å². The minimum atomic E-state index is -0.532. The van der Waals surface area contributed by atoms with Gasteiger partial charge in [0, 0.05) is 12.2 Å². The maximum atomic E-state index is 10.9. The predicted molar refractivity (Wildman–Crippen MR) is 70.3 cm³/mol. The lowest BCUT2D eigenvalue weighted by molar-refractivity contribution is -0.160. The van der Waals surface area contributed by atoms with E-state index in [0.29, 0.717) is 6.42 Å². The minimum absolute atomic E-state index is 0.125. The first-order valence-corrected chi connectivity index (χ1v) is 5.84. The van der Waals surface area contributed by atoms with Crippen molar-refractivity contribution in [2.75, 3.05) is 13.2 Å². The van der Waals surface area contributed by atoms with Crippen LogP contribution < -0.4 is 0 Å². The number of ether oxygens (including phenoxy) is 2. The normalized spacial score (nSPS) is 12.2. The fourth-order valence-electron chi connectivity index (χ4n) is 1.02. The van der Waals surface area contributed by atoms with Crippen molar-refractivity contribution < 1.29 is 29.3 Å². The van der Waals surface area contributed by atoms with Gasteiger partial charge in [0.15, 0.2) is 0 Å². The van der Waals surface area contributed by atoms with E-state index in [1.165, 1.54) is 0 Å². The third-order valence-corrected chi connectivity index (χ3v) is 1.93. The van der Waals surface area contributed by atoms with Crippen LogP contribution in [0.25, 0.3) is 0 Å². The summed E-state index contributed by atoms with van der Waals surface area (Å²) in [6.45, 7) is 9.80. The molecule has 0 rings (SSSR count). The number of hydrogen-bond acceptors (Lipinski definition) is 6. The molecular formula is C13H22O6. The van der Waals surface area contributed by atoms with E-state index >= 15 is 0 Å². The molecule has 6 nitrogen and oxygen atoms in total. The summed E-state index contributed by atoms with van der Waals surface area (Å²) in [4.78, 5) is 21.8. The molecule has 0 saturated carbocycles. The lowest BCUT2D eigenvalue weighted by Crippen LogP contribution is -2.31. The molecule has 2 unspecified atom stereocenters. The molecule has 0 aliphatic carbocycles. The monoisotopic (exact) mass is 274 g/mol. The van der Waals surface area contributed by atoms with E-state index in [2.05, 4.69) is 13.2 Å². The van der Waals surface area contributed by atoms with Crippen molar-refractivity contribution in [3.63, 3.8) is 0 Å². The highest BCUT2D eigenvalue weighted by atomic mass is 16.6. The second kappa shape index (κ2) is 12.8. The van der Waals surface area contributed by atoms with Gasteiger partial charge in [-0.15, -0.1) is 0 Å². The van der Waals surface area contributed by atoms with Crippen LogP contribution in [0.3, 0.4) is 0 Å². The van der Waals surface area contributed by atoms with Crippen LogP contribution in [0.4, 0.5) is 0 Å². The molecule has 6 heteroatoms. The van der Waals surface area contributed by atoms with Crippen molar-refractivity contribution in [1.82, 2.24) is 0 Å². The molecule has 0 amide bonds. The van der Waals surface area contributed by atoms with Gasteiger partial charge in [0.1, 0.15) is 12.2 Å². The Hall–Kier alpha value is -1.66. The second-order valence-electron chi connectivity index (χ2n) is 3.38. The van der Waals surface area contributed by atoms with E-state index in [0.717, 1.165) is 12.2 Å². The third kappa shape index (κ3) is 11.2. The van der Waals surface area contributed by atoms with Crippen molar-refractivity contribution in [3.8, 4) is 0 Å². The molecule has 0 aliphatic rings. The van der Waals surface area contributed by atoms with Gasteiger partial charge in [-0.25, -0.2) is 9.59 Å². The van der Waals surface area contributed by atoms with E-state index in [1.54, 1.807) is 6.92 Å². The molecular weight excluding hydrogens is 252 g/mol. The van der Waals surface area contributed by atoms with Crippen LogP contribution in [0.2, 0.25) is 0 Å². The lowest BCUT2D eigenvalue weighted by Gasteiger charge is -2.21. The van der Waals surface area contributed by atoms with E-state index in [4.69, 9.17) is 19.7 Å². The Morgan fingerprint density at radius 1 is 1.11 bits per heavy atom. The first-order valence-electron chi connectivity index (χ1n) is 5.84. The first-order chi connectivity index (χ1) is 8.96. The van der Waals surface area contributed by atoms with Crippen molar-refractivity contribution in [2.24, 2.45) is 0 Å².